The third-order valence-corrected chi connectivity index (χ3v) is 4.35. The van der Waals surface area contributed by atoms with Crippen molar-refractivity contribution in [3.05, 3.63) is 17.5 Å². The number of rotatable bonds is 10. The minimum absolute atomic E-state index is 0.618. The topological polar surface area (TPSA) is 57.5 Å². The highest BCUT2D eigenvalue weighted by Crippen LogP contribution is 2.02. The lowest BCUT2D eigenvalue weighted by Crippen LogP contribution is -2.42. The number of nitrogens with one attached hydrogen (secondary N) is 2. The fourth-order valence-corrected chi connectivity index (χ4v) is 2.54. The molecule has 1 atom stereocenters. The molecule has 0 radical (unpaired) electrons. The summed E-state index contributed by atoms with van der Waals surface area (Å²) in [4.78, 5) is 7.04. The molecular weight excluding hydrogens is 300 g/mol. The van der Waals surface area contributed by atoms with Gasteiger partial charge in [0.05, 0.1) is 5.69 Å². The minimum Gasteiger partial charge on any atom is -0.357 e. The fourth-order valence-electron chi connectivity index (χ4n) is 2.54. The van der Waals surface area contributed by atoms with Crippen LogP contribution < -0.4 is 10.6 Å². The molecule has 0 saturated heterocycles. The number of likely N-dealkylation sites (N-methyl/N-ethyl adjacent to an activating group) is 1. The van der Waals surface area contributed by atoms with Crippen LogP contribution in [0, 0.1) is 13.8 Å². The van der Waals surface area contributed by atoms with Crippen molar-refractivity contribution >= 4 is 5.96 Å². The zero-order chi connectivity index (χ0) is 17.9. The number of nitrogens with zero attached hydrogens (tertiary/aromatic N) is 4. The van der Waals surface area contributed by atoms with Crippen LogP contribution in [0.25, 0.3) is 0 Å². The Morgan fingerprint density at radius 3 is 2.67 bits per heavy atom. The zero-order valence-electron chi connectivity index (χ0n) is 16.4. The molecule has 1 unspecified atom stereocenters. The summed E-state index contributed by atoms with van der Waals surface area (Å²) < 4.78 is 2.06. The van der Waals surface area contributed by atoms with E-state index in [1.165, 1.54) is 12.1 Å². The largest absolute Gasteiger partial charge is 0.357 e. The molecule has 0 amide bonds. The minimum atomic E-state index is 0.618. The van der Waals surface area contributed by atoms with E-state index in [9.17, 15) is 0 Å². The van der Waals surface area contributed by atoms with Crippen LogP contribution >= 0.6 is 0 Å². The molecule has 138 valence electrons. The van der Waals surface area contributed by atoms with Gasteiger partial charge in [-0.05, 0) is 53.7 Å². The molecule has 6 nitrogen and oxygen atoms in total. The van der Waals surface area contributed by atoms with Crippen LogP contribution in [0.2, 0.25) is 0 Å². The van der Waals surface area contributed by atoms with Gasteiger partial charge in [-0.15, -0.1) is 0 Å². The highest BCUT2D eigenvalue weighted by Gasteiger charge is 2.06. The molecule has 1 aromatic rings. The number of guanidine groups is 1. The SMILES string of the molecule is CCNC(=NCCCn1nc(C)cc1C)NCCN(C)C(C)CC. The number of aromatic nitrogens is 2. The first-order chi connectivity index (χ1) is 11.5. The van der Waals surface area contributed by atoms with E-state index in [0.29, 0.717) is 6.04 Å². The van der Waals surface area contributed by atoms with E-state index in [0.717, 1.165) is 50.8 Å². The predicted octanol–water partition coefficient (Wildman–Crippen LogP) is 2.18. The van der Waals surface area contributed by atoms with E-state index >= 15 is 0 Å². The lowest BCUT2D eigenvalue weighted by Gasteiger charge is -2.24. The Bertz CT molecular complexity index is 494. The van der Waals surface area contributed by atoms with Crippen molar-refractivity contribution in [2.45, 2.75) is 60.0 Å². The van der Waals surface area contributed by atoms with E-state index in [2.05, 4.69) is 71.1 Å². The lowest BCUT2D eigenvalue weighted by molar-refractivity contribution is 0.255. The zero-order valence-corrected chi connectivity index (χ0v) is 16.4. The third-order valence-electron chi connectivity index (χ3n) is 4.35. The first kappa shape index (κ1) is 20.5. The normalized spacial score (nSPS) is 13.4. The molecule has 0 fully saturated rings. The summed E-state index contributed by atoms with van der Waals surface area (Å²) in [7, 11) is 2.17. The van der Waals surface area contributed by atoms with Gasteiger partial charge in [0.2, 0.25) is 0 Å². The van der Waals surface area contributed by atoms with Gasteiger partial charge in [0.15, 0.2) is 5.96 Å². The van der Waals surface area contributed by atoms with Gasteiger partial charge >= 0.3 is 0 Å². The van der Waals surface area contributed by atoms with Crippen LogP contribution in [0.1, 0.15) is 45.0 Å². The summed E-state index contributed by atoms with van der Waals surface area (Å²) in [6.07, 6.45) is 2.17. The maximum atomic E-state index is 4.66. The number of hydrogen-bond acceptors (Lipinski definition) is 3. The van der Waals surface area contributed by atoms with Gasteiger partial charge in [0.25, 0.3) is 0 Å². The van der Waals surface area contributed by atoms with E-state index in [4.69, 9.17) is 0 Å². The van der Waals surface area contributed by atoms with Gasteiger partial charge in [-0.25, -0.2) is 0 Å². The Morgan fingerprint density at radius 2 is 2.08 bits per heavy atom. The van der Waals surface area contributed by atoms with Gasteiger partial charge in [-0.2, -0.15) is 5.10 Å². The second-order valence-electron chi connectivity index (χ2n) is 6.43. The van der Waals surface area contributed by atoms with Crippen LogP contribution in [0.15, 0.2) is 11.1 Å². The van der Waals surface area contributed by atoms with Crippen LogP contribution in [0.5, 0.6) is 0 Å². The second-order valence-corrected chi connectivity index (χ2v) is 6.43. The Hall–Kier alpha value is -1.56. The molecular formula is C18H36N6. The maximum Gasteiger partial charge on any atom is 0.191 e. The summed E-state index contributed by atoms with van der Waals surface area (Å²) >= 11 is 0. The summed E-state index contributed by atoms with van der Waals surface area (Å²) in [6, 6.07) is 2.73. The monoisotopic (exact) mass is 336 g/mol. The molecule has 1 heterocycles. The average Bonchev–Trinajstić information content (AvgIpc) is 2.88. The Balaban J connectivity index is 2.35. The van der Waals surface area contributed by atoms with Crippen molar-refractivity contribution in [2.75, 3.05) is 33.2 Å². The summed E-state index contributed by atoms with van der Waals surface area (Å²) in [5.74, 6) is 0.906. The average molecular weight is 337 g/mol. The molecule has 0 spiro atoms. The summed E-state index contributed by atoms with van der Waals surface area (Å²) in [5.41, 5.74) is 2.30. The summed E-state index contributed by atoms with van der Waals surface area (Å²) in [6.45, 7) is 15.2. The van der Waals surface area contributed by atoms with Crippen molar-refractivity contribution < 1.29 is 0 Å². The van der Waals surface area contributed by atoms with E-state index in [-0.39, 0.29) is 0 Å². The predicted molar refractivity (Wildman–Crippen MR) is 103 cm³/mol. The Kier molecular flexibility index (Phi) is 9.45. The van der Waals surface area contributed by atoms with Crippen molar-refractivity contribution in [1.82, 2.24) is 25.3 Å². The molecule has 2 N–H and O–H groups in total. The van der Waals surface area contributed by atoms with E-state index in [1.54, 1.807) is 0 Å². The number of hydrogen-bond donors (Lipinski definition) is 2. The highest BCUT2D eigenvalue weighted by atomic mass is 15.3. The van der Waals surface area contributed by atoms with Crippen LogP contribution in [0.4, 0.5) is 0 Å². The third kappa shape index (κ3) is 7.34. The first-order valence-electron chi connectivity index (χ1n) is 9.21. The van der Waals surface area contributed by atoms with Crippen molar-refractivity contribution in [3.8, 4) is 0 Å². The highest BCUT2D eigenvalue weighted by molar-refractivity contribution is 5.79. The van der Waals surface area contributed by atoms with E-state index < -0.39 is 0 Å². The Labute approximate surface area is 147 Å². The molecule has 6 heteroatoms. The van der Waals surface area contributed by atoms with Gasteiger partial charge in [-0.1, -0.05) is 6.92 Å². The molecule has 0 bridgehead atoms. The summed E-state index contributed by atoms with van der Waals surface area (Å²) in [5, 5.41) is 11.2. The maximum absolute atomic E-state index is 4.66. The molecule has 24 heavy (non-hydrogen) atoms. The molecule has 0 aliphatic carbocycles. The van der Waals surface area contributed by atoms with Crippen LogP contribution in [-0.2, 0) is 6.54 Å². The molecule has 0 saturated carbocycles. The molecule has 1 rings (SSSR count). The first-order valence-corrected chi connectivity index (χ1v) is 9.21. The van der Waals surface area contributed by atoms with Gasteiger partial charge in [-0.3, -0.25) is 9.67 Å². The van der Waals surface area contributed by atoms with Gasteiger partial charge in [0, 0.05) is 44.5 Å². The van der Waals surface area contributed by atoms with Crippen molar-refractivity contribution in [1.29, 1.82) is 0 Å². The number of aryl methyl sites for hydroxylation is 3. The fraction of sp³-hybridized carbons (Fsp3) is 0.778. The Morgan fingerprint density at radius 1 is 1.33 bits per heavy atom. The lowest BCUT2D eigenvalue weighted by atomic mass is 10.2. The van der Waals surface area contributed by atoms with Crippen LogP contribution in [0.3, 0.4) is 0 Å². The number of aliphatic imine (C=N–C) groups is 1. The van der Waals surface area contributed by atoms with Crippen molar-refractivity contribution in [3.63, 3.8) is 0 Å². The van der Waals surface area contributed by atoms with Crippen LogP contribution in [-0.4, -0.2) is 59.9 Å². The smallest absolute Gasteiger partial charge is 0.191 e. The molecule has 1 aromatic heterocycles. The molecule has 0 aromatic carbocycles. The van der Waals surface area contributed by atoms with Gasteiger partial charge in [0.1, 0.15) is 0 Å². The molecule has 0 aliphatic rings. The standard InChI is InChI=1S/C18H36N6/c1-7-16(4)23(6)13-11-21-18(19-8-2)20-10-9-12-24-17(5)14-15(3)22-24/h14,16H,7-13H2,1-6H3,(H2,19,20,21). The molecule has 0 aliphatic heterocycles. The van der Waals surface area contributed by atoms with Crippen molar-refractivity contribution in [2.24, 2.45) is 4.99 Å². The van der Waals surface area contributed by atoms with Gasteiger partial charge < -0.3 is 15.5 Å². The van der Waals surface area contributed by atoms with E-state index in [1.807, 2.05) is 6.92 Å². The quantitative estimate of drug-likeness (QED) is 0.391. The second kappa shape index (κ2) is 11.1.